The maximum atomic E-state index is 11.0. The molecule has 3 aliphatic rings. The molecule has 0 aromatic heterocycles. The third kappa shape index (κ3) is 5.99. The van der Waals surface area contributed by atoms with Gasteiger partial charge in [-0.1, -0.05) is 6.92 Å². The van der Waals surface area contributed by atoms with Crippen LogP contribution < -0.4 is 28.3 Å². The fourth-order valence-electron chi connectivity index (χ4n) is 4.72. The average Bonchev–Trinajstić information content (AvgIpc) is 2.80. The molecule has 0 bridgehead atoms. The minimum atomic E-state index is -1.92. The molecule has 13 heteroatoms. The van der Waals surface area contributed by atoms with Crippen LogP contribution in [-0.4, -0.2) is 101 Å². The zero-order valence-electron chi connectivity index (χ0n) is 19.7. The molecule has 13 nitrogen and oxygen atoms in total. The molecular formula is C21H41N5O8. The molecule has 0 amide bonds. The monoisotopic (exact) mass is 491 g/mol. The van der Waals surface area contributed by atoms with E-state index in [1.54, 1.807) is 14.0 Å². The molecule has 13 N–H and O–H groups in total. The Bertz CT molecular complexity index is 700. The Morgan fingerprint density at radius 1 is 1.06 bits per heavy atom. The van der Waals surface area contributed by atoms with Crippen LogP contribution in [0.1, 0.15) is 39.0 Å². The number of aliphatic hydroxyl groups is 4. The van der Waals surface area contributed by atoms with Gasteiger partial charge in [-0.15, -0.1) is 0 Å². The zero-order chi connectivity index (χ0) is 25.2. The lowest BCUT2D eigenvalue weighted by atomic mass is 9.88. The summed E-state index contributed by atoms with van der Waals surface area (Å²) in [6, 6.07) is -2.45. The van der Waals surface area contributed by atoms with Gasteiger partial charge in [-0.2, -0.15) is 0 Å². The SMILES string of the molecule is CC[C@@H](N)/C(O)=C(/O)[C@H](O)OC1O[C@H]2CC(N)[C@@H](O[C@H]3CC[C@H](N)CC3N)OC2C(O)C1NC. The first kappa shape index (κ1) is 27.5. The summed E-state index contributed by atoms with van der Waals surface area (Å²) in [6.07, 6.45) is -3.97. The lowest BCUT2D eigenvalue weighted by molar-refractivity contribution is -0.344. The zero-order valence-corrected chi connectivity index (χ0v) is 19.7. The molecule has 3 rings (SSSR count). The largest absolute Gasteiger partial charge is 0.507 e. The van der Waals surface area contributed by atoms with Crippen LogP contribution in [0.5, 0.6) is 0 Å². The fraction of sp³-hybridized carbons (Fsp3) is 0.905. The van der Waals surface area contributed by atoms with Gasteiger partial charge in [-0.25, -0.2) is 0 Å². The highest BCUT2D eigenvalue weighted by molar-refractivity contribution is 5.08. The summed E-state index contributed by atoms with van der Waals surface area (Å²) < 4.78 is 23.5. The smallest absolute Gasteiger partial charge is 0.220 e. The molecule has 2 aliphatic heterocycles. The molecule has 198 valence electrons. The van der Waals surface area contributed by atoms with E-state index in [9.17, 15) is 20.4 Å². The quantitative estimate of drug-likeness (QED) is 0.129. The number of ether oxygens (including phenoxy) is 4. The van der Waals surface area contributed by atoms with Gasteiger partial charge in [-0.05, 0) is 39.2 Å². The van der Waals surface area contributed by atoms with Crippen LogP contribution in [0, 0.1) is 0 Å². The maximum Gasteiger partial charge on any atom is 0.220 e. The van der Waals surface area contributed by atoms with Gasteiger partial charge in [0, 0.05) is 12.1 Å². The Hall–Kier alpha value is -1.10. The van der Waals surface area contributed by atoms with E-state index in [1.807, 2.05) is 0 Å². The second kappa shape index (κ2) is 11.8. The number of fused-ring (bicyclic) bond motifs is 1. The fourth-order valence-corrected chi connectivity index (χ4v) is 4.72. The van der Waals surface area contributed by atoms with Gasteiger partial charge in [0.25, 0.3) is 0 Å². The highest BCUT2D eigenvalue weighted by Gasteiger charge is 2.52. The molecule has 34 heavy (non-hydrogen) atoms. The molecule has 0 aromatic carbocycles. The summed E-state index contributed by atoms with van der Waals surface area (Å²) in [4.78, 5) is 0. The number of aliphatic hydroxyl groups excluding tert-OH is 4. The van der Waals surface area contributed by atoms with Crippen molar-refractivity contribution in [3.8, 4) is 0 Å². The molecule has 0 radical (unpaired) electrons. The topological polar surface area (TPSA) is 234 Å². The molecule has 2 saturated heterocycles. The summed E-state index contributed by atoms with van der Waals surface area (Å²) >= 11 is 0. The van der Waals surface area contributed by atoms with Crippen molar-refractivity contribution in [1.82, 2.24) is 5.32 Å². The normalized spacial score (nSPS) is 43.5. The molecular weight excluding hydrogens is 450 g/mol. The lowest BCUT2D eigenvalue weighted by Gasteiger charge is -2.50. The van der Waals surface area contributed by atoms with E-state index in [-0.39, 0.29) is 24.6 Å². The number of hydrogen-bond donors (Lipinski definition) is 9. The van der Waals surface area contributed by atoms with Crippen LogP contribution in [0.25, 0.3) is 0 Å². The standard InChI is InChI=1S/C21H41N5O8/c1-3-9(23)15(27)17(29)19(30)34-21-14(26-2)16(28)18-13(32-21)7-11(25)20(33-18)31-12-5-4-8(22)6-10(12)24/h8-14,16,18-21,26-30H,3-7,22-25H2,1-2H3/b17-15-/t8-,9+,10?,11?,12-,13-,14?,16?,18?,19+,20-,21?/m0/s1. The molecule has 6 unspecified atom stereocenters. The number of rotatable bonds is 8. The molecule has 3 fully saturated rings. The van der Waals surface area contributed by atoms with Gasteiger partial charge < -0.3 is 67.6 Å². The second-order valence-corrected chi connectivity index (χ2v) is 9.40. The van der Waals surface area contributed by atoms with Crippen molar-refractivity contribution in [3.05, 3.63) is 11.5 Å². The molecule has 12 atom stereocenters. The number of nitrogens with two attached hydrogens (primary N) is 4. The predicted molar refractivity (Wildman–Crippen MR) is 121 cm³/mol. The Balaban J connectivity index is 1.66. The predicted octanol–water partition coefficient (Wildman–Crippen LogP) is -2.27. The Kier molecular flexibility index (Phi) is 9.50. The molecule has 1 saturated carbocycles. The van der Waals surface area contributed by atoms with E-state index in [1.165, 1.54) is 0 Å². The van der Waals surface area contributed by atoms with Crippen molar-refractivity contribution < 1.29 is 39.4 Å². The van der Waals surface area contributed by atoms with Crippen molar-refractivity contribution in [3.63, 3.8) is 0 Å². The van der Waals surface area contributed by atoms with E-state index in [2.05, 4.69) is 5.32 Å². The van der Waals surface area contributed by atoms with E-state index in [0.717, 1.165) is 6.42 Å². The Morgan fingerprint density at radius 2 is 1.76 bits per heavy atom. The van der Waals surface area contributed by atoms with Crippen molar-refractivity contribution in [1.29, 1.82) is 0 Å². The van der Waals surface area contributed by atoms with E-state index >= 15 is 0 Å². The summed E-state index contributed by atoms with van der Waals surface area (Å²) in [5.41, 5.74) is 24.2. The highest BCUT2D eigenvalue weighted by Crippen LogP contribution is 2.34. The number of hydrogen-bond acceptors (Lipinski definition) is 13. The van der Waals surface area contributed by atoms with E-state index in [4.69, 9.17) is 41.9 Å². The van der Waals surface area contributed by atoms with Gasteiger partial charge in [0.2, 0.25) is 6.29 Å². The van der Waals surface area contributed by atoms with Crippen LogP contribution >= 0.6 is 0 Å². The summed E-state index contributed by atoms with van der Waals surface area (Å²) in [7, 11) is 1.58. The minimum Gasteiger partial charge on any atom is -0.507 e. The third-order valence-electron chi connectivity index (χ3n) is 6.89. The number of nitrogens with one attached hydrogen (secondary N) is 1. The summed E-state index contributed by atoms with van der Waals surface area (Å²) in [6.45, 7) is 1.71. The van der Waals surface area contributed by atoms with Crippen molar-refractivity contribution in [2.75, 3.05) is 7.05 Å². The molecule has 0 aromatic rings. The van der Waals surface area contributed by atoms with Crippen LogP contribution in [-0.2, 0) is 18.9 Å². The summed E-state index contributed by atoms with van der Waals surface area (Å²) in [5, 5.41) is 44.2. The van der Waals surface area contributed by atoms with Gasteiger partial charge in [0.15, 0.2) is 24.1 Å². The van der Waals surface area contributed by atoms with Crippen molar-refractivity contribution >= 4 is 0 Å². The van der Waals surface area contributed by atoms with Gasteiger partial charge in [0.05, 0.1) is 30.3 Å². The Labute approximate surface area is 199 Å². The van der Waals surface area contributed by atoms with E-state index in [0.29, 0.717) is 19.3 Å². The Morgan fingerprint density at radius 3 is 2.38 bits per heavy atom. The summed E-state index contributed by atoms with van der Waals surface area (Å²) in [5.74, 6) is -1.41. The van der Waals surface area contributed by atoms with Gasteiger partial charge >= 0.3 is 0 Å². The minimum absolute atomic E-state index is 0.0475. The molecule has 1 aliphatic carbocycles. The first-order valence-corrected chi connectivity index (χ1v) is 11.9. The third-order valence-corrected chi connectivity index (χ3v) is 6.89. The van der Waals surface area contributed by atoms with Crippen LogP contribution in [0.3, 0.4) is 0 Å². The molecule has 2 heterocycles. The lowest BCUT2D eigenvalue weighted by Crippen LogP contribution is -2.68. The van der Waals surface area contributed by atoms with Crippen molar-refractivity contribution in [2.24, 2.45) is 22.9 Å². The molecule has 0 spiro atoms. The first-order valence-electron chi connectivity index (χ1n) is 11.9. The maximum absolute atomic E-state index is 11.0. The number of likely N-dealkylation sites (N-methyl/N-ethyl adjacent to an activating group) is 1. The van der Waals surface area contributed by atoms with E-state index < -0.39 is 66.8 Å². The first-order chi connectivity index (χ1) is 16.1. The van der Waals surface area contributed by atoms with Crippen molar-refractivity contribution in [2.45, 2.75) is 113 Å². The highest BCUT2D eigenvalue weighted by atomic mass is 16.8. The average molecular weight is 492 g/mol. The van der Waals surface area contributed by atoms with Crippen LogP contribution in [0.2, 0.25) is 0 Å². The second-order valence-electron chi connectivity index (χ2n) is 9.40. The van der Waals surface area contributed by atoms with Crippen LogP contribution in [0.4, 0.5) is 0 Å². The van der Waals surface area contributed by atoms with Crippen LogP contribution in [0.15, 0.2) is 11.5 Å². The van der Waals surface area contributed by atoms with Gasteiger partial charge in [-0.3, -0.25) is 0 Å². The van der Waals surface area contributed by atoms with Gasteiger partial charge in [0.1, 0.15) is 12.2 Å².